The molecule has 0 atom stereocenters. The van der Waals surface area contributed by atoms with Crippen molar-refractivity contribution in [3.05, 3.63) is 51.7 Å². The van der Waals surface area contributed by atoms with Crippen LogP contribution in [0.2, 0.25) is 5.02 Å². The number of anilines is 1. The van der Waals surface area contributed by atoms with Crippen LogP contribution in [0.5, 0.6) is 0 Å². The van der Waals surface area contributed by atoms with Crippen molar-refractivity contribution >= 4 is 33.2 Å². The van der Waals surface area contributed by atoms with E-state index in [0.29, 0.717) is 26.3 Å². The average molecular weight is 369 g/mol. The van der Waals surface area contributed by atoms with E-state index in [9.17, 15) is 4.39 Å². The molecule has 0 spiro atoms. The molecule has 7 heteroatoms. The van der Waals surface area contributed by atoms with E-state index in [1.54, 1.807) is 24.3 Å². The second-order valence-electron chi connectivity index (χ2n) is 4.25. The lowest BCUT2D eigenvalue weighted by Gasteiger charge is -2.01. The molecular formula is C14H8BrClFN3O. The summed E-state index contributed by atoms with van der Waals surface area (Å²) in [6.45, 7) is 0. The first-order valence-corrected chi connectivity index (χ1v) is 7.07. The fourth-order valence-electron chi connectivity index (χ4n) is 1.83. The first-order chi connectivity index (χ1) is 10.1. The van der Waals surface area contributed by atoms with Crippen molar-refractivity contribution in [2.75, 3.05) is 5.73 Å². The van der Waals surface area contributed by atoms with Crippen LogP contribution < -0.4 is 5.73 Å². The SMILES string of the molecule is Nc1c(Cl)cccc1-c1nc(-c2cc(F)ccc2Br)no1. The zero-order chi connectivity index (χ0) is 15.0. The molecule has 0 aliphatic heterocycles. The number of nitrogens with zero attached hydrogens (tertiary/aromatic N) is 2. The van der Waals surface area contributed by atoms with E-state index >= 15 is 0 Å². The third kappa shape index (κ3) is 2.64. The number of nitrogen functional groups attached to an aromatic ring is 1. The topological polar surface area (TPSA) is 64.9 Å². The molecule has 0 unspecified atom stereocenters. The van der Waals surface area contributed by atoms with E-state index in [2.05, 4.69) is 26.1 Å². The highest BCUT2D eigenvalue weighted by molar-refractivity contribution is 9.10. The van der Waals surface area contributed by atoms with Crippen molar-refractivity contribution in [1.82, 2.24) is 10.1 Å². The second kappa shape index (κ2) is 5.46. The third-order valence-corrected chi connectivity index (χ3v) is 3.90. The Kier molecular flexibility index (Phi) is 3.65. The van der Waals surface area contributed by atoms with Gasteiger partial charge in [0.1, 0.15) is 5.82 Å². The molecule has 106 valence electrons. The van der Waals surface area contributed by atoms with Gasteiger partial charge in [-0.1, -0.05) is 38.8 Å². The summed E-state index contributed by atoms with van der Waals surface area (Å²) in [6, 6.07) is 9.36. The molecule has 1 aromatic heterocycles. The highest BCUT2D eigenvalue weighted by Crippen LogP contribution is 2.33. The molecule has 1 heterocycles. The summed E-state index contributed by atoms with van der Waals surface area (Å²) in [7, 11) is 0. The summed E-state index contributed by atoms with van der Waals surface area (Å²) in [5.74, 6) is 0.0960. The Bertz CT molecular complexity index is 805. The van der Waals surface area contributed by atoms with Gasteiger partial charge in [0.15, 0.2) is 0 Å². The number of hydrogen-bond donors (Lipinski definition) is 1. The van der Waals surface area contributed by atoms with Gasteiger partial charge in [0.25, 0.3) is 5.89 Å². The van der Waals surface area contributed by atoms with Gasteiger partial charge in [-0.25, -0.2) is 4.39 Å². The van der Waals surface area contributed by atoms with Crippen LogP contribution in [0.25, 0.3) is 22.8 Å². The van der Waals surface area contributed by atoms with Gasteiger partial charge in [-0.3, -0.25) is 0 Å². The number of nitrogens with two attached hydrogens (primary N) is 1. The Labute approximate surface area is 132 Å². The van der Waals surface area contributed by atoms with Crippen molar-refractivity contribution in [2.45, 2.75) is 0 Å². The summed E-state index contributed by atoms with van der Waals surface area (Å²) >= 11 is 9.29. The van der Waals surface area contributed by atoms with Crippen LogP contribution in [0.3, 0.4) is 0 Å². The minimum atomic E-state index is -0.387. The number of aromatic nitrogens is 2. The zero-order valence-electron chi connectivity index (χ0n) is 10.5. The van der Waals surface area contributed by atoms with Crippen molar-refractivity contribution < 1.29 is 8.91 Å². The second-order valence-corrected chi connectivity index (χ2v) is 5.51. The highest BCUT2D eigenvalue weighted by atomic mass is 79.9. The maximum absolute atomic E-state index is 13.3. The number of benzene rings is 2. The lowest BCUT2D eigenvalue weighted by atomic mass is 10.2. The van der Waals surface area contributed by atoms with Gasteiger partial charge in [0.2, 0.25) is 5.82 Å². The average Bonchev–Trinajstić information content (AvgIpc) is 2.94. The van der Waals surface area contributed by atoms with Gasteiger partial charge in [-0.15, -0.1) is 0 Å². The third-order valence-electron chi connectivity index (χ3n) is 2.88. The summed E-state index contributed by atoms with van der Waals surface area (Å²) in [6.07, 6.45) is 0. The summed E-state index contributed by atoms with van der Waals surface area (Å²) in [4.78, 5) is 4.24. The molecule has 3 rings (SSSR count). The Morgan fingerprint density at radius 2 is 2.00 bits per heavy atom. The summed E-state index contributed by atoms with van der Waals surface area (Å²) in [5.41, 5.74) is 7.27. The number of rotatable bonds is 2. The van der Waals surface area contributed by atoms with E-state index in [1.807, 2.05) is 0 Å². The first-order valence-electron chi connectivity index (χ1n) is 5.90. The molecule has 3 aromatic rings. The van der Waals surface area contributed by atoms with Gasteiger partial charge in [0.05, 0.1) is 16.3 Å². The van der Waals surface area contributed by atoms with E-state index in [1.165, 1.54) is 12.1 Å². The van der Waals surface area contributed by atoms with Crippen molar-refractivity contribution in [1.29, 1.82) is 0 Å². The van der Waals surface area contributed by atoms with Crippen LogP contribution in [0.15, 0.2) is 45.4 Å². The smallest absolute Gasteiger partial charge is 0.260 e. The quantitative estimate of drug-likeness (QED) is 0.674. The van der Waals surface area contributed by atoms with E-state index < -0.39 is 0 Å². The van der Waals surface area contributed by atoms with Crippen LogP contribution in [0.1, 0.15) is 0 Å². The minimum Gasteiger partial charge on any atom is -0.397 e. The summed E-state index contributed by atoms with van der Waals surface area (Å²) < 4.78 is 19.2. The molecular weight excluding hydrogens is 361 g/mol. The van der Waals surface area contributed by atoms with Gasteiger partial charge in [-0.2, -0.15) is 4.98 Å². The Morgan fingerprint density at radius 1 is 1.19 bits per heavy atom. The van der Waals surface area contributed by atoms with Gasteiger partial charge in [0, 0.05) is 10.0 Å². The first kappa shape index (κ1) is 14.0. The van der Waals surface area contributed by atoms with Crippen LogP contribution in [-0.2, 0) is 0 Å². The minimum absolute atomic E-state index is 0.223. The van der Waals surface area contributed by atoms with Gasteiger partial charge < -0.3 is 10.3 Å². The molecule has 0 bridgehead atoms. The van der Waals surface area contributed by atoms with Crippen LogP contribution in [0, 0.1) is 5.82 Å². The molecule has 21 heavy (non-hydrogen) atoms. The summed E-state index contributed by atoms with van der Waals surface area (Å²) in [5, 5.41) is 4.26. The predicted octanol–water partition coefficient (Wildman–Crippen LogP) is 4.54. The standard InChI is InChI=1S/C14H8BrClFN3O/c15-10-5-4-7(17)6-9(10)13-19-14(21-20-13)8-2-1-3-11(16)12(8)18/h1-6H,18H2. The molecule has 0 radical (unpaired) electrons. The van der Waals surface area contributed by atoms with E-state index in [-0.39, 0.29) is 17.5 Å². The Balaban J connectivity index is 2.08. The van der Waals surface area contributed by atoms with E-state index in [4.69, 9.17) is 21.9 Å². The molecule has 0 aliphatic carbocycles. The molecule has 4 nitrogen and oxygen atoms in total. The lowest BCUT2D eigenvalue weighted by Crippen LogP contribution is -1.91. The van der Waals surface area contributed by atoms with Crippen molar-refractivity contribution in [2.24, 2.45) is 0 Å². The molecule has 2 N–H and O–H groups in total. The maximum atomic E-state index is 13.3. The van der Waals surface area contributed by atoms with Crippen molar-refractivity contribution in [3.8, 4) is 22.8 Å². The number of para-hydroxylation sites is 1. The van der Waals surface area contributed by atoms with Gasteiger partial charge >= 0.3 is 0 Å². The largest absolute Gasteiger partial charge is 0.397 e. The number of hydrogen-bond acceptors (Lipinski definition) is 4. The molecule has 0 saturated carbocycles. The fourth-order valence-corrected chi connectivity index (χ4v) is 2.43. The van der Waals surface area contributed by atoms with Crippen LogP contribution in [0.4, 0.5) is 10.1 Å². The van der Waals surface area contributed by atoms with Gasteiger partial charge in [-0.05, 0) is 30.3 Å². The maximum Gasteiger partial charge on any atom is 0.260 e. The Morgan fingerprint density at radius 3 is 2.81 bits per heavy atom. The molecule has 0 aliphatic rings. The predicted molar refractivity (Wildman–Crippen MR) is 82.3 cm³/mol. The molecule has 0 amide bonds. The molecule has 2 aromatic carbocycles. The van der Waals surface area contributed by atoms with Crippen LogP contribution >= 0.6 is 27.5 Å². The van der Waals surface area contributed by atoms with Crippen molar-refractivity contribution in [3.63, 3.8) is 0 Å². The normalized spacial score (nSPS) is 10.8. The monoisotopic (exact) mass is 367 g/mol. The zero-order valence-corrected chi connectivity index (χ0v) is 12.8. The van der Waals surface area contributed by atoms with E-state index in [0.717, 1.165) is 0 Å². The van der Waals surface area contributed by atoms with Crippen LogP contribution in [-0.4, -0.2) is 10.1 Å². The highest BCUT2D eigenvalue weighted by Gasteiger charge is 2.16. The lowest BCUT2D eigenvalue weighted by molar-refractivity contribution is 0.432. The number of halogens is 3. The molecule has 0 saturated heterocycles. The fraction of sp³-hybridized carbons (Fsp3) is 0. The molecule has 0 fully saturated rings. The Hall–Kier alpha value is -1.92.